The minimum absolute atomic E-state index is 0.0563. The average molecular weight is 1060 g/mol. The zero-order chi connectivity index (χ0) is 55.1. The molecule has 77 heavy (non-hydrogen) atoms. The van der Waals surface area contributed by atoms with Gasteiger partial charge < -0.3 is 54.1 Å². The molecule has 1 fully saturated rings. The molecule has 22 heteroatoms. The van der Waals surface area contributed by atoms with Crippen molar-refractivity contribution in [2.75, 3.05) is 82.2 Å². The minimum Gasteiger partial charge on any atom is -0.484 e. The number of carbonyl (C=O) groups excluding carboxylic acids is 4. The first-order chi connectivity index (χ1) is 36.9. The fraction of sp³-hybridized carbons (Fsp3) is 0.436. The quantitative estimate of drug-likeness (QED) is 0.0628. The number of hydrogen-bond acceptors (Lipinski definition) is 18. The molecular formula is C55H65N11O11. The molecule has 3 N–H and O–H groups in total. The lowest BCUT2D eigenvalue weighted by Crippen LogP contribution is -2.55. The lowest BCUT2D eigenvalue weighted by molar-refractivity contribution is -0.142. The van der Waals surface area contributed by atoms with Gasteiger partial charge in [-0.3, -0.25) is 19.2 Å². The normalized spacial score (nSPS) is 15.3. The number of rotatable bonds is 25. The summed E-state index contributed by atoms with van der Waals surface area (Å²) in [5, 5.41) is 24.4. The second-order valence-corrected chi connectivity index (χ2v) is 20.2. The number of nitrogens with one attached hydrogen (secondary N) is 2. The highest BCUT2D eigenvalue weighted by atomic mass is 16.5. The Labute approximate surface area is 447 Å². The van der Waals surface area contributed by atoms with Gasteiger partial charge in [-0.2, -0.15) is 5.26 Å². The molecule has 2 aliphatic rings. The fourth-order valence-corrected chi connectivity index (χ4v) is 8.51. The number of Topliss-reactive ketones (excluding diaryl/α,β-unsaturated/α-hetero) is 1. The summed E-state index contributed by atoms with van der Waals surface area (Å²) in [6.45, 7) is 14.6. The van der Waals surface area contributed by atoms with Crippen molar-refractivity contribution in [3.05, 3.63) is 108 Å². The Morgan fingerprint density at radius 1 is 0.883 bits per heavy atom. The predicted octanol–water partition coefficient (Wildman–Crippen LogP) is 5.27. The van der Waals surface area contributed by atoms with E-state index in [2.05, 4.69) is 36.6 Å². The lowest BCUT2D eigenvalue weighted by Gasteiger charge is -2.39. The van der Waals surface area contributed by atoms with Gasteiger partial charge >= 0.3 is 5.97 Å². The number of hydrogen-bond donors (Lipinski definition) is 3. The number of aliphatic carboxylic acids is 1. The molecule has 0 saturated carbocycles. The molecule has 1 saturated heterocycles. The number of anilines is 2. The van der Waals surface area contributed by atoms with Crippen LogP contribution in [0.1, 0.15) is 86.4 Å². The Hall–Kier alpha value is -8.13. The van der Waals surface area contributed by atoms with E-state index in [1.165, 1.54) is 6.20 Å². The van der Waals surface area contributed by atoms with Gasteiger partial charge in [-0.15, -0.1) is 0 Å². The van der Waals surface area contributed by atoms with Crippen molar-refractivity contribution in [1.29, 1.82) is 5.26 Å². The van der Waals surface area contributed by atoms with Crippen LogP contribution in [0.3, 0.4) is 0 Å². The number of piperazine rings is 1. The van der Waals surface area contributed by atoms with E-state index in [4.69, 9.17) is 28.7 Å². The number of aromatic nitrogens is 5. The molecular weight excluding hydrogens is 991 g/mol. The van der Waals surface area contributed by atoms with Crippen LogP contribution in [0.2, 0.25) is 0 Å². The monoisotopic (exact) mass is 1060 g/mol. The number of carbonyl (C=O) groups is 5. The van der Waals surface area contributed by atoms with Crippen molar-refractivity contribution >= 4 is 41.2 Å². The third-order valence-corrected chi connectivity index (χ3v) is 12.8. The molecule has 4 aromatic heterocycles. The topological polar surface area (TPSA) is 274 Å². The second-order valence-electron chi connectivity index (χ2n) is 20.2. The third-order valence-electron chi connectivity index (χ3n) is 12.8. The van der Waals surface area contributed by atoms with Crippen molar-refractivity contribution < 1.29 is 52.8 Å². The molecule has 0 bridgehead atoms. The zero-order valence-electron chi connectivity index (χ0n) is 44.2. The summed E-state index contributed by atoms with van der Waals surface area (Å²) in [7, 11) is 0. The van der Waals surface area contributed by atoms with Crippen LogP contribution in [0, 0.1) is 16.7 Å². The lowest BCUT2D eigenvalue weighted by atomic mass is 9.88. The van der Waals surface area contributed by atoms with Gasteiger partial charge in [0.2, 0.25) is 17.7 Å². The summed E-state index contributed by atoms with van der Waals surface area (Å²) in [5.74, 6) is -0.199. The first-order valence-corrected chi connectivity index (χ1v) is 25.3. The molecule has 2 atom stereocenters. The molecule has 2 aliphatic heterocycles. The number of pyridine rings is 3. The van der Waals surface area contributed by atoms with Gasteiger partial charge in [0.25, 0.3) is 11.8 Å². The van der Waals surface area contributed by atoms with Crippen molar-refractivity contribution in [2.45, 2.75) is 78.6 Å². The molecule has 5 aromatic rings. The number of carboxylic acids is 1. The molecule has 0 unspecified atom stereocenters. The van der Waals surface area contributed by atoms with Gasteiger partial charge in [-0.1, -0.05) is 32.9 Å². The molecule has 7 rings (SSSR count). The van der Waals surface area contributed by atoms with Crippen LogP contribution in [0.25, 0.3) is 11.3 Å². The van der Waals surface area contributed by atoms with Crippen molar-refractivity contribution in [3.8, 4) is 34.7 Å². The predicted molar refractivity (Wildman–Crippen MR) is 281 cm³/mol. The smallest absolute Gasteiger partial charge is 0.326 e. The SMILES string of the molecule is C[C@@H]1CN(c2ncc(-c3ccc4c(n3)N(Cc3cccnc3C#N)C(C)(C)C4=O)cn2)CCN1C(=O)COCCOCCOCCNC(=O)c1ccc(Oc2cccc(OCC(=O)N[C@@H](CCC(C)(C)C)C(=O)O)c2)nc1. The van der Waals surface area contributed by atoms with Gasteiger partial charge in [0.15, 0.2) is 12.4 Å². The maximum absolute atomic E-state index is 13.4. The summed E-state index contributed by atoms with van der Waals surface area (Å²) in [6.07, 6.45) is 7.28. The first kappa shape index (κ1) is 56.6. The molecule has 0 aliphatic carbocycles. The number of fused-ring (bicyclic) bond motifs is 1. The van der Waals surface area contributed by atoms with Crippen LogP contribution in [-0.4, -0.2) is 154 Å². The van der Waals surface area contributed by atoms with Crippen LogP contribution >= 0.6 is 0 Å². The number of benzene rings is 1. The van der Waals surface area contributed by atoms with E-state index in [0.717, 1.165) is 0 Å². The first-order valence-electron chi connectivity index (χ1n) is 25.3. The molecule has 6 heterocycles. The molecule has 3 amide bonds. The number of ether oxygens (including phenoxy) is 5. The Morgan fingerprint density at radius 2 is 1.62 bits per heavy atom. The number of carboxylic acid groups (broad SMARTS) is 1. The highest BCUT2D eigenvalue weighted by molar-refractivity contribution is 6.13. The van der Waals surface area contributed by atoms with Crippen LogP contribution in [0.15, 0.2) is 85.5 Å². The van der Waals surface area contributed by atoms with E-state index in [-0.39, 0.29) is 81.1 Å². The Kier molecular flexibility index (Phi) is 19.2. The third kappa shape index (κ3) is 15.5. The minimum atomic E-state index is -1.10. The summed E-state index contributed by atoms with van der Waals surface area (Å²) in [4.78, 5) is 91.6. The second kappa shape index (κ2) is 26.1. The Bertz CT molecular complexity index is 2910. The fourth-order valence-electron chi connectivity index (χ4n) is 8.51. The van der Waals surface area contributed by atoms with E-state index in [1.54, 1.807) is 78.1 Å². The number of amides is 3. The van der Waals surface area contributed by atoms with E-state index < -0.39 is 23.5 Å². The van der Waals surface area contributed by atoms with E-state index in [1.807, 2.05) is 57.4 Å². The van der Waals surface area contributed by atoms with Gasteiger partial charge in [0.05, 0.1) is 55.4 Å². The highest BCUT2D eigenvalue weighted by Crippen LogP contribution is 2.40. The van der Waals surface area contributed by atoms with Gasteiger partial charge in [-0.05, 0) is 75.4 Å². The maximum atomic E-state index is 13.4. The summed E-state index contributed by atoms with van der Waals surface area (Å²) in [5.41, 5.74) is 2.14. The van der Waals surface area contributed by atoms with Gasteiger partial charge in [0, 0.05) is 86.8 Å². The molecule has 1 aromatic carbocycles. The van der Waals surface area contributed by atoms with Crippen molar-refractivity contribution in [2.24, 2.45) is 5.41 Å². The summed E-state index contributed by atoms with van der Waals surface area (Å²) < 4.78 is 28.2. The molecule has 0 radical (unpaired) electrons. The van der Waals surface area contributed by atoms with Gasteiger partial charge in [-0.25, -0.2) is 29.7 Å². The number of nitrogens with zero attached hydrogens (tertiary/aromatic N) is 9. The van der Waals surface area contributed by atoms with E-state index >= 15 is 0 Å². The van der Waals surface area contributed by atoms with E-state index in [9.17, 15) is 34.3 Å². The van der Waals surface area contributed by atoms with Crippen molar-refractivity contribution in [1.82, 2.24) is 40.5 Å². The van der Waals surface area contributed by atoms with Crippen LogP contribution in [-0.2, 0) is 35.1 Å². The van der Waals surface area contributed by atoms with E-state index in [0.29, 0.717) is 103 Å². The standard InChI is InChI=1S/C55H65N11O11/c1-36-32-64(53-60-30-39(31-61-53)43-14-13-42-49(69)55(5,6)66(50(42)63-43)33-38-9-8-18-57-45(38)28-56)20-21-65(36)48(68)35-75-26-25-74-24-23-73-22-19-58-51(70)37-12-15-47(59-29-37)77-41-11-7-10-40(27-41)76-34-46(67)62-44(52(71)72)16-17-54(2,3)4/h7-15,18,27,29-31,36,44H,16-17,19-26,32-35H2,1-6H3,(H,58,70)(H,62,67)(H,71,72)/t36-,44+/m1/s1. The van der Waals surface area contributed by atoms with Gasteiger partial charge in [0.1, 0.15) is 41.7 Å². The molecule has 0 spiro atoms. The maximum Gasteiger partial charge on any atom is 0.326 e. The summed E-state index contributed by atoms with van der Waals surface area (Å²) in [6, 6.07) is 17.8. The number of nitriles is 1. The Balaban J connectivity index is 0.735. The van der Waals surface area contributed by atoms with Crippen molar-refractivity contribution in [3.63, 3.8) is 0 Å². The average Bonchev–Trinajstić information content (AvgIpc) is 3.67. The van der Waals surface area contributed by atoms with Crippen LogP contribution in [0.4, 0.5) is 11.8 Å². The summed E-state index contributed by atoms with van der Waals surface area (Å²) >= 11 is 0. The largest absolute Gasteiger partial charge is 0.484 e. The van der Waals surface area contributed by atoms with Crippen LogP contribution < -0.4 is 29.9 Å². The zero-order valence-corrected chi connectivity index (χ0v) is 44.2. The molecule has 406 valence electrons. The molecule has 22 nitrogen and oxygen atoms in total. The Morgan fingerprint density at radius 3 is 2.32 bits per heavy atom. The van der Waals surface area contributed by atoms with Crippen LogP contribution in [0.5, 0.6) is 17.4 Å². The highest BCUT2D eigenvalue weighted by Gasteiger charge is 2.45. The number of ketones is 1.